The van der Waals surface area contributed by atoms with Crippen molar-refractivity contribution in [2.75, 3.05) is 37.2 Å². The van der Waals surface area contributed by atoms with Crippen molar-refractivity contribution >= 4 is 34.5 Å². The third-order valence-corrected chi connectivity index (χ3v) is 7.14. The number of hydrogen-bond acceptors (Lipinski definition) is 9. The average molecular weight is 493 g/mol. The molecule has 1 aromatic carbocycles. The molecule has 11 nitrogen and oxygen atoms in total. The Balaban J connectivity index is 1.25. The highest BCUT2D eigenvalue weighted by molar-refractivity contribution is 6.03. The molecule has 11 heteroatoms. The smallest absolute Gasteiger partial charge is 0.340 e. The van der Waals surface area contributed by atoms with Crippen LogP contribution in [0, 0.1) is 5.92 Å². The number of aromatic nitrogens is 4. The Morgan fingerprint density at radius 2 is 1.94 bits per heavy atom. The molecule has 0 saturated carbocycles. The number of amides is 1. The lowest BCUT2D eigenvalue weighted by Gasteiger charge is -2.33. The van der Waals surface area contributed by atoms with E-state index < -0.39 is 5.97 Å². The van der Waals surface area contributed by atoms with Gasteiger partial charge >= 0.3 is 5.97 Å². The lowest BCUT2D eigenvalue weighted by molar-refractivity contribution is -0.120. The topological polar surface area (TPSA) is 121 Å². The number of ether oxygens (including phenoxy) is 3. The Bertz CT molecular complexity index is 1340. The molecule has 3 aromatic rings. The summed E-state index contributed by atoms with van der Waals surface area (Å²) in [6.45, 7) is 2.27. The van der Waals surface area contributed by atoms with E-state index in [4.69, 9.17) is 19.2 Å². The molecule has 0 bridgehead atoms. The van der Waals surface area contributed by atoms with Crippen molar-refractivity contribution in [3.05, 3.63) is 29.8 Å². The van der Waals surface area contributed by atoms with Gasteiger partial charge in [0.15, 0.2) is 28.5 Å². The number of piperidine rings is 1. The number of nitrogens with one attached hydrogen (secondary N) is 1. The number of rotatable bonds is 4. The molecule has 5 heterocycles. The summed E-state index contributed by atoms with van der Waals surface area (Å²) in [5.41, 5.74) is 2.24. The summed E-state index contributed by atoms with van der Waals surface area (Å²) in [5.74, 6) is 1.74. The average Bonchev–Trinajstić information content (AvgIpc) is 3.44. The molecule has 0 unspecified atom stereocenters. The van der Waals surface area contributed by atoms with Gasteiger partial charge in [-0.05, 0) is 25.7 Å². The highest BCUT2D eigenvalue weighted by Crippen LogP contribution is 2.38. The normalized spacial score (nSPS) is 19.0. The molecular weight excluding hydrogens is 464 g/mol. The number of methoxy groups -OCH3 is 1. The monoisotopic (exact) mass is 492 g/mol. The number of hydrogen-bond donors (Lipinski definition) is 1. The first kappa shape index (κ1) is 22.6. The van der Waals surface area contributed by atoms with Crippen LogP contribution < -0.4 is 19.7 Å². The number of benzene rings is 1. The minimum Gasteiger partial charge on any atom is -0.465 e. The van der Waals surface area contributed by atoms with Crippen LogP contribution in [0.1, 0.15) is 48.3 Å². The molecule has 1 fully saturated rings. The Hall–Kier alpha value is -3.89. The number of carbonyl (C=O) groups excluding carboxylic acids is 2. The van der Waals surface area contributed by atoms with Crippen molar-refractivity contribution in [1.29, 1.82) is 0 Å². The summed E-state index contributed by atoms with van der Waals surface area (Å²) in [5, 5.41) is 2.93. The van der Waals surface area contributed by atoms with Crippen LogP contribution >= 0.6 is 0 Å². The van der Waals surface area contributed by atoms with Gasteiger partial charge in [0.05, 0.1) is 24.3 Å². The Kier molecular flexibility index (Phi) is 5.82. The van der Waals surface area contributed by atoms with E-state index in [0.717, 1.165) is 68.0 Å². The van der Waals surface area contributed by atoms with E-state index >= 15 is 0 Å². The fourth-order valence-electron chi connectivity index (χ4n) is 5.30. The van der Waals surface area contributed by atoms with Crippen LogP contribution in [0.5, 0.6) is 11.5 Å². The number of carbonyl (C=O) groups is 2. The van der Waals surface area contributed by atoms with Gasteiger partial charge in [-0.25, -0.2) is 19.7 Å². The molecule has 1 amide bonds. The van der Waals surface area contributed by atoms with Crippen LogP contribution in [0.3, 0.4) is 0 Å². The second-order valence-corrected chi connectivity index (χ2v) is 9.38. The first-order valence-electron chi connectivity index (χ1n) is 12.4. The van der Waals surface area contributed by atoms with Crippen molar-refractivity contribution < 1.29 is 23.8 Å². The lowest BCUT2D eigenvalue weighted by atomic mass is 9.96. The summed E-state index contributed by atoms with van der Waals surface area (Å²) in [7, 11) is 1.30. The molecule has 0 radical (unpaired) electrons. The molecule has 0 aliphatic carbocycles. The Morgan fingerprint density at radius 1 is 1.08 bits per heavy atom. The van der Waals surface area contributed by atoms with Gasteiger partial charge in [0.1, 0.15) is 12.2 Å². The number of aryl methyl sites for hydroxylation is 2. The molecule has 1 saturated heterocycles. The Labute approximate surface area is 207 Å². The lowest BCUT2D eigenvalue weighted by Crippen LogP contribution is -2.41. The summed E-state index contributed by atoms with van der Waals surface area (Å²) >= 11 is 0. The summed E-state index contributed by atoms with van der Waals surface area (Å²) < 4.78 is 17.9. The first-order valence-corrected chi connectivity index (χ1v) is 12.4. The maximum Gasteiger partial charge on any atom is 0.340 e. The number of esters is 1. The number of imidazole rings is 1. The van der Waals surface area contributed by atoms with Crippen LogP contribution in [0.2, 0.25) is 0 Å². The van der Waals surface area contributed by atoms with Gasteiger partial charge in [-0.1, -0.05) is 6.42 Å². The fraction of sp³-hybridized carbons (Fsp3) is 0.480. The van der Waals surface area contributed by atoms with Crippen molar-refractivity contribution in [3.63, 3.8) is 0 Å². The van der Waals surface area contributed by atoms with Crippen LogP contribution in [-0.2, 0) is 22.5 Å². The molecule has 1 atom stereocenters. The van der Waals surface area contributed by atoms with E-state index in [-0.39, 0.29) is 24.2 Å². The second-order valence-electron chi connectivity index (χ2n) is 9.38. The number of nitrogens with zero attached hydrogens (tertiary/aromatic N) is 5. The zero-order valence-corrected chi connectivity index (χ0v) is 20.2. The highest BCUT2D eigenvalue weighted by Gasteiger charge is 2.30. The van der Waals surface area contributed by atoms with Crippen LogP contribution in [0.15, 0.2) is 18.5 Å². The predicted molar refractivity (Wildman–Crippen MR) is 130 cm³/mol. The SMILES string of the molecule is COC(=O)c1cc2c(cc1NC(=O)[C@@H]1CCCN(c3ncnc4c3nc3n4CCCCC3)C1)OCO2. The minimum atomic E-state index is -0.559. The zero-order valence-electron chi connectivity index (χ0n) is 20.2. The van der Waals surface area contributed by atoms with Crippen molar-refractivity contribution in [2.45, 2.75) is 45.1 Å². The number of fused-ring (bicyclic) bond motifs is 4. The third-order valence-electron chi connectivity index (χ3n) is 7.14. The molecule has 6 rings (SSSR count). The predicted octanol–water partition coefficient (Wildman–Crippen LogP) is 2.92. The molecule has 3 aliphatic heterocycles. The van der Waals surface area contributed by atoms with Crippen molar-refractivity contribution in [2.24, 2.45) is 5.92 Å². The summed E-state index contributed by atoms with van der Waals surface area (Å²) in [6, 6.07) is 3.15. The van der Waals surface area contributed by atoms with Gasteiger partial charge in [0.25, 0.3) is 0 Å². The van der Waals surface area contributed by atoms with Gasteiger partial charge in [0, 0.05) is 38.2 Å². The Morgan fingerprint density at radius 3 is 2.81 bits per heavy atom. The highest BCUT2D eigenvalue weighted by atomic mass is 16.7. The zero-order chi connectivity index (χ0) is 24.6. The minimum absolute atomic E-state index is 0.0653. The third kappa shape index (κ3) is 3.98. The van der Waals surface area contributed by atoms with E-state index in [1.54, 1.807) is 12.4 Å². The van der Waals surface area contributed by atoms with Crippen molar-refractivity contribution in [1.82, 2.24) is 19.5 Å². The van der Waals surface area contributed by atoms with E-state index in [1.807, 2.05) is 0 Å². The molecule has 188 valence electrons. The molecule has 3 aliphatic rings. The molecular formula is C25H28N6O5. The van der Waals surface area contributed by atoms with E-state index in [9.17, 15) is 9.59 Å². The molecule has 2 aromatic heterocycles. The number of anilines is 2. The van der Waals surface area contributed by atoms with Gasteiger partial charge in [-0.2, -0.15) is 0 Å². The molecule has 0 spiro atoms. The quantitative estimate of drug-likeness (QED) is 0.548. The van der Waals surface area contributed by atoms with Gasteiger partial charge < -0.3 is 29.0 Å². The van der Waals surface area contributed by atoms with Gasteiger partial charge in [-0.3, -0.25) is 4.79 Å². The summed E-state index contributed by atoms with van der Waals surface area (Å²) in [4.78, 5) is 41.9. The van der Waals surface area contributed by atoms with Crippen LogP contribution in [-0.4, -0.2) is 58.4 Å². The van der Waals surface area contributed by atoms with E-state index in [1.165, 1.54) is 19.6 Å². The largest absolute Gasteiger partial charge is 0.465 e. The van der Waals surface area contributed by atoms with Crippen molar-refractivity contribution in [3.8, 4) is 11.5 Å². The summed E-state index contributed by atoms with van der Waals surface area (Å²) in [6.07, 6.45) is 7.56. The maximum absolute atomic E-state index is 13.4. The van der Waals surface area contributed by atoms with E-state index in [0.29, 0.717) is 23.7 Å². The van der Waals surface area contributed by atoms with Gasteiger partial charge in [-0.15, -0.1) is 0 Å². The first-order chi connectivity index (χ1) is 17.6. The van der Waals surface area contributed by atoms with E-state index in [2.05, 4.69) is 24.8 Å². The fourth-order valence-corrected chi connectivity index (χ4v) is 5.30. The standard InChI is InChI=1S/C25H28N6O5/c1-34-25(33)16-10-18-19(36-14-35-18)11-17(16)28-24(32)15-6-5-8-30(12-15)22-21-23(27-13-26-22)31-9-4-2-3-7-20(31)29-21/h10-11,13,15H,2-9,12,14H2,1H3,(H,28,32)/t15-/m1/s1. The van der Waals surface area contributed by atoms with Gasteiger partial charge in [0.2, 0.25) is 12.7 Å². The van der Waals surface area contributed by atoms with Crippen LogP contribution in [0.25, 0.3) is 11.2 Å². The van der Waals surface area contributed by atoms with Crippen LogP contribution in [0.4, 0.5) is 11.5 Å². The molecule has 36 heavy (non-hydrogen) atoms. The molecule has 1 N–H and O–H groups in total. The maximum atomic E-state index is 13.4. The second kappa shape index (κ2) is 9.29.